The molecule has 1 saturated heterocycles. The van der Waals surface area contributed by atoms with Crippen LogP contribution in [0.2, 0.25) is 0 Å². The molecule has 0 saturated carbocycles. The minimum atomic E-state index is -0.700. The molecule has 0 radical (unpaired) electrons. The third kappa shape index (κ3) is 2.99. The minimum Gasteiger partial charge on any atom is -0.381 e. The van der Waals surface area contributed by atoms with Crippen molar-refractivity contribution in [1.29, 1.82) is 0 Å². The van der Waals surface area contributed by atoms with E-state index in [0.29, 0.717) is 16.8 Å². The standard InChI is InChI=1S/C27H28N4O4/c1-15-13-21-22(29(3)27(34)28(21)2)14-20(15)31-19-8-6-16-5-7-18(24(26(31)33)23(16)25(19)32)30-11-9-17(35-4)10-12-30/h5-8,13-14,17,19H,9-12H2,1-4H3. The van der Waals surface area contributed by atoms with Crippen LogP contribution in [0.3, 0.4) is 0 Å². The number of anilines is 2. The quantitative estimate of drug-likeness (QED) is 0.586. The van der Waals surface area contributed by atoms with Gasteiger partial charge < -0.3 is 9.64 Å². The Labute approximate surface area is 203 Å². The molecular formula is C27H28N4O4. The molecule has 1 amide bonds. The third-order valence-corrected chi connectivity index (χ3v) is 7.86. The van der Waals surface area contributed by atoms with Gasteiger partial charge in [0.2, 0.25) is 0 Å². The average Bonchev–Trinajstić information content (AvgIpc) is 3.07. The van der Waals surface area contributed by atoms with E-state index in [1.165, 1.54) is 0 Å². The average molecular weight is 473 g/mol. The Kier molecular flexibility index (Phi) is 4.79. The number of ketones is 1. The van der Waals surface area contributed by atoms with Gasteiger partial charge >= 0.3 is 5.69 Å². The zero-order chi connectivity index (χ0) is 24.6. The summed E-state index contributed by atoms with van der Waals surface area (Å²) in [6.07, 6.45) is 5.71. The van der Waals surface area contributed by atoms with Crippen LogP contribution in [0, 0.1) is 6.92 Å². The summed E-state index contributed by atoms with van der Waals surface area (Å²) in [5.74, 6) is -0.241. The van der Waals surface area contributed by atoms with Crippen molar-refractivity contribution in [3.63, 3.8) is 0 Å². The van der Waals surface area contributed by atoms with Gasteiger partial charge in [-0.05, 0) is 49.1 Å². The number of ether oxygens (including phenoxy) is 1. The first-order valence-electron chi connectivity index (χ1n) is 12.0. The van der Waals surface area contributed by atoms with Gasteiger partial charge in [-0.3, -0.25) is 23.6 Å². The number of methoxy groups -OCH3 is 1. The number of benzene rings is 2. The normalized spacial score (nSPS) is 19.8. The maximum absolute atomic E-state index is 14.2. The van der Waals surface area contributed by atoms with Crippen LogP contribution < -0.4 is 15.5 Å². The highest BCUT2D eigenvalue weighted by Gasteiger charge is 2.44. The van der Waals surface area contributed by atoms with Gasteiger partial charge in [0.05, 0.1) is 34.1 Å². The van der Waals surface area contributed by atoms with Crippen molar-refractivity contribution < 1.29 is 14.3 Å². The molecule has 1 atom stereocenters. The zero-order valence-corrected chi connectivity index (χ0v) is 20.4. The predicted octanol–water partition coefficient (Wildman–Crippen LogP) is 3.04. The number of nitrogens with zero attached hydrogens (tertiary/aromatic N) is 4. The van der Waals surface area contributed by atoms with Crippen LogP contribution in [-0.4, -0.2) is 53.2 Å². The highest BCUT2D eigenvalue weighted by atomic mass is 16.5. The molecule has 1 aliphatic carbocycles. The number of carbonyl (C=O) groups is 2. The van der Waals surface area contributed by atoms with E-state index in [4.69, 9.17) is 4.74 Å². The summed E-state index contributed by atoms with van der Waals surface area (Å²) in [6.45, 7) is 3.45. The van der Waals surface area contributed by atoms with E-state index >= 15 is 0 Å². The highest BCUT2D eigenvalue weighted by molar-refractivity contribution is 6.28. The lowest BCUT2D eigenvalue weighted by atomic mass is 9.82. The van der Waals surface area contributed by atoms with Crippen molar-refractivity contribution in [2.24, 2.45) is 14.1 Å². The predicted molar refractivity (Wildman–Crippen MR) is 136 cm³/mol. The number of hydrogen-bond donors (Lipinski definition) is 0. The molecule has 35 heavy (non-hydrogen) atoms. The topological polar surface area (TPSA) is 76.8 Å². The van der Waals surface area contributed by atoms with E-state index in [9.17, 15) is 14.4 Å². The molecule has 1 unspecified atom stereocenters. The van der Waals surface area contributed by atoms with Crippen LogP contribution in [0.5, 0.6) is 0 Å². The summed E-state index contributed by atoms with van der Waals surface area (Å²) in [6, 6.07) is 6.99. The van der Waals surface area contributed by atoms with Gasteiger partial charge in [-0.25, -0.2) is 4.79 Å². The van der Waals surface area contributed by atoms with Gasteiger partial charge in [0.1, 0.15) is 6.04 Å². The number of carbonyl (C=O) groups excluding carboxylic acids is 2. The van der Waals surface area contributed by atoms with Crippen molar-refractivity contribution in [3.05, 3.63) is 63.1 Å². The minimum absolute atomic E-state index is 0.0628. The van der Waals surface area contributed by atoms with Crippen molar-refractivity contribution in [3.8, 4) is 0 Å². The molecule has 1 fully saturated rings. The Morgan fingerprint density at radius 1 is 0.914 bits per heavy atom. The Bertz CT molecular complexity index is 1500. The lowest BCUT2D eigenvalue weighted by Gasteiger charge is -2.40. The lowest BCUT2D eigenvalue weighted by Crippen LogP contribution is -2.51. The fourth-order valence-corrected chi connectivity index (χ4v) is 5.86. The summed E-state index contributed by atoms with van der Waals surface area (Å²) < 4.78 is 8.69. The van der Waals surface area contributed by atoms with Crippen LogP contribution >= 0.6 is 0 Å². The van der Waals surface area contributed by atoms with E-state index in [2.05, 4.69) is 4.90 Å². The second-order valence-electron chi connectivity index (χ2n) is 9.72. The highest BCUT2D eigenvalue weighted by Crippen LogP contribution is 2.41. The molecule has 8 nitrogen and oxygen atoms in total. The monoisotopic (exact) mass is 472 g/mol. The maximum Gasteiger partial charge on any atom is 0.328 e. The molecule has 2 aromatic carbocycles. The fraction of sp³-hybridized carbons (Fsp3) is 0.370. The van der Waals surface area contributed by atoms with Gasteiger partial charge in [0.15, 0.2) is 5.78 Å². The first kappa shape index (κ1) is 21.9. The van der Waals surface area contributed by atoms with E-state index in [1.807, 2.05) is 43.3 Å². The van der Waals surface area contributed by atoms with Gasteiger partial charge in [-0.2, -0.15) is 0 Å². The van der Waals surface area contributed by atoms with Crippen LogP contribution in [0.25, 0.3) is 17.1 Å². The van der Waals surface area contributed by atoms with Crippen LogP contribution in [0.4, 0.5) is 11.4 Å². The molecule has 3 aromatic rings. The zero-order valence-electron chi connectivity index (χ0n) is 20.4. The first-order chi connectivity index (χ1) is 16.8. The Hall–Kier alpha value is -3.65. The van der Waals surface area contributed by atoms with E-state index in [-0.39, 0.29) is 23.5 Å². The Morgan fingerprint density at radius 2 is 1.60 bits per heavy atom. The molecule has 2 aliphatic heterocycles. The van der Waals surface area contributed by atoms with E-state index in [1.54, 1.807) is 35.2 Å². The Morgan fingerprint density at radius 3 is 2.29 bits per heavy atom. The van der Waals surface area contributed by atoms with Crippen LogP contribution in [0.15, 0.2) is 35.1 Å². The second-order valence-corrected chi connectivity index (χ2v) is 9.72. The number of amides is 1. The van der Waals surface area contributed by atoms with Crippen molar-refractivity contribution >= 4 is 40.2 Å². The molecule has 0 N–H and O–H groups in total. The number of fused-ring (bicyclic) bond motifs is 2. The third-order valence-electron chi connectivity index (χ3n) is 7.86. The molecule has 180 valence electrons. The molecule has 3 aliphatic rings. The number of rotatable bonds is 3. The summed E-state index contributed by atoms with van der Waals surface area (Å²) in [5.41, 5.74) is 5.46. The number of piperidine rings is 1. The van der Waals surface area contributed by atoms with E-state index in [0.717, 1.165) is 53.8 Å². The SMILES string of the molecule is COC1CCN(c2ccc3c4c2C(=O)N(c2cc5c(cc2C)n(C)c(=O)n5C)C(C=C3)C4=O)CC1. The molecule has 3 heterocycles. The number of aromatic nitrogens is 2. The molecule has 8 heteroatoms. The number of aryl methyl sites for hydroxylation is 3. The summed E-state index contributed by atoms with van der Waals surface area (Å²) >= 11 is 0. The van der Waals surface area contributed by atoms with Gasteiger partial charge in [0.25, 0.3) is 5.91 Å². The number of Topliss-reactive ketones (excluding diaryl/α,β-unsaturated/α-hetero) is 1. The van der Waals surface area contributed by atoms with Crippen LogP contribution in [0.1, 0.15) is 44.7 Å². The first-order valence-corrected chi connectivity index (χ1v) is 12.0. The molecule has 6 rings (SSSR count). The fourth-order valence-electron chi connectivity index (χ4n) is 5.86. The lowest BCUT2D eigenvalue weighted by molar-refractivity contribution is 0.0817. The van der Waals surface area contributed by atoms with Crippen molar-refractivity contribution in [2.75, 3.05) is 30.0 Å². The largest absolute Gasteiger partial charge is 0.381 e. The molecule has 0 spiro atoms. The van der Waals surface area contributed by atoms with E-state index < -0.39 is 6.04 Å². The number of imidazole rings is 1. The van der Waals surface area contributed by atoms with Crippen molar-refractivity contribution in [1.82, 2.24) is 9.13 Å². The van der Waals surface area contributed by atoms with Gasteiger partial charge in [-0.15, -0.1) is 0 Å². The molecular weight excluding hydrogens is 444 g/mol. The smallest absolute Gasteiger partial charge is 0.328 e. The van der Waals surface area contributed by atoms with Gasteiger partial charge in [-0.1, -0.05) is 18.2 Å². The molecule has 1 aromatic heterocycles. The summed E-state index contributed by atoms with van der Waals surface area (Å²) in [5, 5.41) is 0. The number of hydrogen-bond acceptors (Lipinski definition) is 5. The maximum atomic E-state index is 14.2. The van der Waals surface area contributed by atoms with Gasteiger partial charge in [0, 0.05) is 39.9 Å². The van der Waals surface area contributed by atoms with Crippen molar-refractivity contribution in [2.45, 2.75) is 31.9 Å². The Balaban J connectivity index is 1.52. The summed E-state index contributed by atoms with van der Waals surface area (Å²) in [4.78, 5) is 44.2. The second kappa shape index (κ2) is 7.68. The van der Waals surface area contributed by atoms with Crippen LogP contribution in [-0.2, 0) is 18.8 Å². The molecule has 2 bridgehead atoms. The summed E-state index contributed by atoms with van der Waals surface area (Å²) in [7, 11) is 5.19.